The molecule has 1 rings (SSSR count). The first kappa shape index (κ1) is 21.2. The van der Waals surface area contributed by atoms with Crippen LogP contribution in [0.4, 0.5) is 4.39 Å². The van der Waals surface area contributed by atoms with Gasteiger partial charge in [0.15, 0.2) is 11.6 Å². The smallest absolute Gasteiger partial charge is 0.161 e. The van der Waals surface area contributed by atoms with Crippen LogP contribution in [0, 0.1) is 5.92 Å². The van der Waals surface area contributed by atoms with E-state index in [-0.39, 0.29) is 11.7 Å². The van der Waals surface area contributed by atoms with Crippen molar-refractivity contribution in [3.8, 4) is 0 Å². The van der Waals surface area contributed by atoms with Gasteiger partial charge in [0, 0.05) is 0 Å². The highest BCUT2D eigenvalue weighted by molar-refractivity contribution is 5.32. The predicted octanol–water partition coefficient (Wildman–Crippen LogP) is 7.18. The molecule has 0 heterocycles. The summed E-state index contributed by atoms with van der Waals surface area (Å²) in [5.41, 5.74) is 2.15. The van der Waals surface area contributed by atoms with Crippen LogP contribution >= 0.6 is 0 Å². The summed E-state index contributed by atoms with van der Waals surface area (Å²) in [4.78, 5) is 0. The van der Waals surface area contributed by atoms with E-state index in [9.17, 15) is 4.39 Å². The summed E-state index contributed by atoms with van der Waals surface area (Å²) in [5.74, 6) is 0.825. The van der Waals surface area contributed by atoms with Gasteiger partial charge in [0.05, 0.1) is 0 Å². The highest BCUT2D eigenvalue weighted by Gasteiger charge is 2.13. The van der Waals surface area contributed by atoms with E-state index >= 15 is 0 Å². The Morgan fingerprint density at radius 3 is 2.61 bits per heavy atom. The fraction of sp³-hybridized carbons (Fsp3) is 0.429. The normalized spacial score (nSPS) is 23.8. The Labute approximate surface area is 141 Å². The summed E-state index contributed by atoms with van der Waals surface area (Å²) in [5, 5.41) is 0. The van der Waals surface area contributed by atoms with Crippen molar-refractivity contribution in [2.75, 3.05) is 0 Å². The van der Waals surface area contributed by atoms with Gasteiger partial charge >= 0.3 is 0 Å². The summed E-state index contributed by atoms with van der Waals surface area (Å²) in [6, 6.07) is 0. The van der Waals surface area contributed by atoms with E-state index in [1.54, 1.807) is 6.08 Å². The largest absolute Gasteiger partial charge is 0.455 e. The lowest BCUT2D eigenvalue weighted by atomic mass is 10.0. The second-order valence-corrected chi connectivity index (χ2v) is 5.33. The fourth-order valence-corrected chi connectivity index (χ4v) is 2.16. The summed E-state index contributed by atoms with van der Waals surface area (Å²) >= 11 is 0. The second kappa shape index (κ2) is 11.7. The molecule has 0 saturated heterocycles. The molecule has 128 valence electrons. The average Bonchev–Trinajstić information content (AvgIpc) is 2.54. The third-order valence-corrected chi connectivity index (χ3v) is 3.26. The molecular formula is C21H31FO. The average molecular weight is 318 g/mol. The lowest BCUT2D eigenvalue weighted by Gasteiger charge is -2.16. The van der Waals surface area contributed by atoms with Crippen LogP contribution in [0.1, 0.15) is 54.4 Å². The molecule has 0 aliphatic heterocycles. The zero-order valence-corrected chi connectivity index (χ0v) is 15.4. The maximum Gasteiger partial charge on any atom is 0.161 e. The van der Waals surface area contributed by atoms with Crippen LogP contribution in [0.5, 0.6) is 0 Å². The Balaban J connectivity index is 0.00000232. The lowest BCUT2D eigenvalue weighted by Crippen LogP contribution is -2.01. The summed E-state index contributed by atoms with van der Waals surface area (Å²) in [7, 11) is 0. The van der Waals surface area contributed by atoms with Gasteiger partial charge in [0.25, 0.3) is 0 Å². The maximum atomic E-state index is 14.2. The van der Waals surface area contributed by atoms with E-state index in [2.05, 4.69) is 12.7 Å². The van der Waals surface area contributed by atoms with Gasteiger partial charge < -0.3 is 4.74 Å². The minimum Gasteiger partial charge on any atom is -0.455 e. The van der Waals surface area contributed by atoms with Crippen molar-refractivity contribution < 1.29 is 9.13 Å². The zero-order chi connectivity index (χ0) is 17.8. The summed E-state index contributed by atoms with van der Waals surface area (Å²) in [6.07, 6.45) is 12.6. The predicted molar refractivity (Wildman–Crippen MR) is 99.6 cm³/mol. The van der Waals surface area contributed by atoms with E-state index in [4.69, 9.17) is 4.74 Å². The van der Waals surface area contributed by atoms with Crippen molar-refractivity contribution in [3.63, 3.8) is 0 Å². The molecule has 1 atom stereocenters. The van der Waals surface area contributed by atoms with Crippen LogP contribution in [0.3, 0.4) is 0 Å². The summed E-state index contributed by atoms with van der Waals surface area (Å²) in [6.45, 7) is 15.6. The van der Waals surface area contributed by atoms with Gasteiger partial charge in [0.1, 0.15) is 5.76 Å². The zero-order valence-electron chi connectivity index (χ0n) is 15.4. The van der Waals surface area contributed by atoms with Crippen molar-refractivity contribution >= 4 is 0 Å². The van der Waals surface area contributed by atoms with E-state index in [0.29, 0.717) is 17.9 Å². The van der Waals surface area contributed by atoms with Crippen LogP contribution in [0.2, 0.25) is 0 Å². The minimum atomic E-state index is -0.301. The van der Waals surface area contributed by atoms with E-state index in [0.717, 1.165) is 12.0 Å². The maximum absolute atomic E-state index is 14.2. The molecule has 23 heavy (non-hydrogen) atoms. The highest BCUT2D eigenvalue weighted by atomic mass is 19.1. The quantitative estimate of drug-likeness (QED) is 0.296. The summed E-state index contributed by atoms with van der Waals surface area (Å²) < 4.78 is 20.0. The third-order valence-electron chi connectivity index (χ3n) is 3.26. The molecule has 1 aliphatic carbocycles. The number of allylic oxidation sites excluding steroid dienone is 9. The van der Waals surface area contributed by atoms with Gasteiger partial charge in [-0.25, -0.2) is 4.39 Å². The van der Waals surface area contributed by atoms with Gasteiger partial charge in [-0.2, -0.15) is 0 Å². The molecule has 0 aromatic carbocycles. The van der Waals surface area contributed by atoms with Crippen molar-refractivity contribution in [1.29, 1.82) is 0 Å². The number of hydrogen-bond donors (Lipinski definition) is 0. The topological polar surface area (TPSA) is 9.23 Å². The minimum absolute atomic E-state index is 0.148. The number of halogens is 1. The molecule has 2 heteroatoms. The van der Waals surface area contributed by atoms with Crippen LogP contribution in [0.25, 0.3) is 0 Å². The van der Waals surface area contributed by atoms with Gasteiger partial charge in [-0.1, -0.05) is 44.6 Å². The Hall–Kier alpha value is -1.83. The van der Waals surface area contributed by atoms with Crippen LogP contribution in [0.15, 0.2) is 71.5 Å². The van der Waals surface area contributed by atoms with Crippen molar-refractivity contribution in [1.82, 2.24) is 0 Å². The van der Waals surface area contributed by atoms with Crippen molar-refractivity contribution in [2.45, 2.75) is 54.4 Å². The second-order valence-electron chi connectivity index (χ2n) is 5.33. The SMILES string of the molecule is C=CCC=C(C)/C(=C\C)OC1=CC(C)/C=C(/C)C/C=C\1F.CC. The van der Waals surface area contributed by atoms with E-state index in [1.807, 2.05) is 65.8 Å². The molecule has 0 fully saturated rings. The van der Waals surface area contributed by atoms with Gasteiger partial charge in [-0.3, -0.25) is 0 Å². The molecule has 0 radical (unpaired) electrons. The molecule has 0 N–H and O–H groups in total. The molecule has 1 unspecified atom stereocenters. The first-order chi connectivity index (χ1) is 11.0. The number of rotatable bonds is 5. The third kappa shape index (κ3) is 7.83. The molecule has 0 spiro atoms. The molecular weight excluding hydrogens is 287 g/mol. The molecule has 0 amide bonds. The van der Waals surface area contributed by atoms with E-state index in [1.165, 1.54) is 5.57 Å². The van der Waals surface area contributed by atoms with Crippen LogP contribution in [-0.4, -0.2) is 0 Å². The Morgan fingerprint density at radius 2 is 2.04 bits per heavy atom. The van der Waals surface area contributed by atoms with Crippen LogP contribution < -0.4 is 0 Å². The van der Waals surface area contributed by atoms with Gasteiger partial charge in [-0.15, -0.1) is 6.58 Å². The van der Waals surface area contributed by atoms with Gasteiger partial charge in [0.2, 0.25) is 0 Å². The Morgan fingerprint density at radius 1 is 1.39 bits per heavy atom. The van der Waals surface area contributed by atoms with Gasteiger partial charge in [-0.05, 0) is 63.3 Å². The van der Waals surface area contributed by atoms with Crippen molar-refractivity contribution in [3.05, 3.63) is 71.5 Å². The Bertz CT molecular complexity index is 530. The monoisotopic (exact) mass is 318 g/mol. The standard InChI is InChI=1S/C19H25FO.C2H6/c1-6-8-9-16(5)18(7-2)21-19-13-15(4)12-14(3)10-11-17(19)20;1-2/h6-7,9,11-13,15H,1,8,10H2,2-5H3;1-2H3/b14-12-,16-9?,17-11+,18-7+,19-13?;. The molecule has 0 bridgehead atoms. The molecule has 1 nitrogen and oxygen atoms in total. The molecule has 1 aliphatic rings. The fourth-order valence-electron chi connectivity index (χ4n) is 2.16. The molecule has 0 saturated carbocycles. The van der Waals surface area contributed by atoms with Crippen molar-refractivity contribution in [2.24, 2.45) is 5.92 Å². The molecule has 0 aromatic heterocycles. The van der Waals surface area contributed by atoms with Crippen LogP contribution in [-0.2, 0) is 4.74 Å². The first-order valence-electron chi connectivity index (χ1n) is 8.35. The first-order valence-corrected chi connectivity index (χ1v) is 8.35. The lowest BCUT2D eigenvalue weighted by molar-refractivity contribution is 0.299. The molecule has 0 aromatic rings. The number of ether oxygens (including phenoxy) is 1. The highest BCUT2D eigenvalue weighted by Crippen LogP contribution is 2.26. The van der Waals surface area contributed by atoms with E-state index < -0.39 is 0 Å². The number of hydrogen-bond acceptors (Lipinski definition) is 1. The Kier molecular flexibility index (Phi) is 10.8.